The van der Waals surface area contributed by atoms with E-state index in [9.17, 15) is 4.79 Å². The van der Waals surface area contributed by atoms with Gasteiger partial charge < -0.3 is 5.32 Å². The second kappa shape index (κ2) is 6.61. The first-order valence-electron chi connectivity index (χ1n) is 7.69. The van der Waals surface area contributed by atoms with Gasteiger partial charge in [-0.15, -0.1) is 11.3 Å². The average molecular weight is 316 g/mol. The monoisotopic (exact) mass is 316 g/mol. The van der Waals surface area contributed by atoms with E-state index in [1.165, 1.54) is 16.9 Å². The lowest BCUT2D eigenvalue weighted by molar-refractivity contribution is 0.102. The molecule has 2 aromatic rings. The maximum Gasteiger partial charge on any atom is 0.267 e. The van der Waals surface area contributed by atoms with E-state index in [2.05, 4.69) is 50.1 Å². The highest BCUT2D eigenvalue weighted by Crippen LogP contribution is 2.25. The zero-order valence-electron chi connectivity index (χ0n) is 14.0. The molecule has 1 heterocycles. The maximum atomic E-state index is 12.5. The minimum atomic E-state index is -0.0578. The number of aromatic nitrogens is 1. The average Bonchev–Trinajstić information content (AvgIpc) is 2.80. The molecule has 118 valence electrons. The minimum absolute atomic E-state index is 0.0578. The van der Waals surface area contributed by atoms with Crippen molar-refractivity contribution in [3.05, 3.63) is 45.4 Å². The number of anilines is 1. The molecule has 0 fully saturated rings. The molecule has 1 amide bonds. The summed E-state index contributed by atoms with van der Waals surface area (Å²) in [5.41, 5.74) is 3.11. The second-order valence-electron chi connectivity index (χ2n) is 6.54. The Morgan fingerprint density at radius 3 is 2.41 bits per heavy atom. The van der Waals surface area contributed by atoms with Crippen molar-refractivity contribution < 1.29 is 4.79 Å². The first-order chi connectivity index (χ1) is 10.3. The molecule has 0 radical (unpaired) electrons. The molecular weight excluding hydrogens is 292 g/mol. The van der Waals surface area contributed by atoms with Crippen molar-refractivity contribution in [2.75, 3.05) is 5.32 Å². The van der Waals surface area contributed by atoms with E-state index in [4.69, 9.17) is 0 Å². The predicted molar refractivity (Wildman–Crippen MR) is 93.9 cm³/mol. The van der Waals surface area contributed by atoms with E-state index < -0.39 is 0 Å². The molecular formula is C18H24N2OS. The molecule has 0 atom stereocenters. The maximum absolute atomic E-state index is 12.5. The lowest BCUT2D eigenvalue weighted by Crippen LogP contribution is -2.14. The summed E-state index contributed by atoms with van der Waals surface area (Å²) in [5, 5.41) is 3.92. The summed E-state index contributed by atoms with van der Waals surface area (Å²) < 4.78 is 0. The second-order valence-corrected chi connectivity index (χ2v) is 7.74. The molecule has 0 unspecified atom stereocenters. The van der Waals surface area contributed by atoms with Crippen LogP contribution >= 0.6 is 11.3 Å². The Balaban J connectivity index is 2.15. The number of thiazole rings is 1. The molecule has 3 nitrogen and oxygen atoms in total. The van der Waals surface area contributed by atoms with Crippen LogP contribution in [0.2, 0.25) is 0 Å². The highest BCUT2D eigenvalue weighted by Gasteiger charge is 2.17. The molecule has 4 heteroatoms. The van der Waals surface area contributed by atoms with Crippen molar-refractivity contribution in [2.24, 2.45) is 0 Å². The van der Waals surface area contributed by atoms with Gasteiger partial charge in [-0.05, 0) is 36.5 Å². The van der Waals surface area contributed by atoms with E-state index in [0.717, 1.165) is 34.1 Å². The molecule has 0 spiro atoms. The molecule has 1 aromatic carbocycles. The van der Waals surface area contributed by atoms with Gasteiger partial charge in [0.05, 0.1) is 10.7 Å². The van der Waals surface area contributed by atoms with Crippen molar-refractivity contribution in [3.8, 4) is 0 Å². The highest BCUT2D eigenvalue weighted by atomic mass is 32.1. The Hall–Kier alpha value is -1.68. The normalized spacial score (nSPS) is 11.5. The molecule has 0 saturated heterocycles. The molecule has 0 aliphatic rings. The Morgan fingerprint density at radius 2 is 1.86 bits per heavy atom. The Bertz CT molecular complexity index is 651. The van der Waals surface area contributed by atoms with Crippen LogP contribution in [0.4, 0.5) is 5.69 Å². The summed E-state index contributed by atoms with van der Waals surface area (Å²) >= 11 is 1.47. The van der Waals surface area contributed by atoms with Crippen LogP contribution < -0.4 is 5.32 Å². The summed E-state index contributed by atoms with van der Waals surface area (Å²) in [7, 11) is 0. The van der Waals surface area contributed by atoms with Gasteiger partial charge in [0.2, 0.25) is 0 Å². The standard InChI is InChI=1S/C18H24N2OS/c1-6-7-15-16(22-12(2)19-15)17(21)20-14-10-8-13(9-11-14)18(3,4)5/h8-11H,6-7H2,1-5H3,(H,20,21). The topological polar surface area (TPSA) is 42.0 Å². The van der Waals surface area contributed by atoms with Gasteiger partial charge in [0.25, 0.3) is 5.91 Å². The molecule has 0 bridgehead atoms. The van der Waals surface area contributed by atoms with Gasteiger partial charge in [-0.1, -0.05) is 46.2 Å². The van der Waals surface area contributed by atoms with E-state index in [1.54, 1.807) is 0 Å². The third-order valence-electron chi connectivity index (χ3n) is 3.51. The Morgan fingerprint density at radius 1 is 1.23 bits per heavy atom. The van der Waals surface area contributed by atoms with Gasteiger partial charge in [-0.25, -0.2) is 4.98 Å². The van der Waals surface area contributed by atoms with Crippen LogP contribution in [0.25, 0.3) is 0 Å². The van der Waals surface area contributed by atoms with Gasteiger partial charge in [0, 0.05) is 5.69 Å². The number of nitrogens with one attached hydrogen (secondary N) is 1. The van der Waals surface area contributed by atoms with Crippen LogP contribution in [-0.4, -0.2) is 10.9 Å². The first kappa shape index (κ1) is 16.7. The number of benzene rings is 1. The molecule has 0 aliphatic carbocycles. The number of nitrogens with zero attached hydrogens (tertiary/aromatic N) is 1. The first-order valence-corrected chi connectivity index (χ1v) is 8.51. The molecule has 1 N–H and O–H groups in total. The van der Waals surface area contributed by atoms with Gasteiger partial charge in [0.1, 0.15) is 4.88 Å². The zero-order chi connectivity index (χ0) is 16.3. The van der Waals surface area contributed by atoms with E-state index >= 15 is 0 Å². The summed E-state index contributed by atoms with van der Waals surface area (Å²) in [6, 6.07) is 8.07. The molecule has 0 aliphatic heterocycles. The predicted octanol–water partition coefficient (Wildman–Crippen LogP) is 4.95. The largest absolute Gasteiger partial charge is 0.321 e. The summed E-state index contributed by atoms with van der Waals surface area (Å²) in [6.45, 7) is 10.6. The van der Waals surface area contributed by atoms with Crippen molar-refractivity contribution in [1.29, 1.82) is 0 Å². The van der Waals surface area contributed by atoms with E-state index in [1.807, 2.05) is 19.1 Å². The van der Waals surface area contributed by atoms with Gasteiger partial charge in [-0.2, -0.15) is 0 Å². The summed E-state index contributed by atoms with van der Waals surface area (Å²) in [5.74, 6) is -0.0578. The smallest absolute Gasteiger partial charge is 0.267 e. The summed E-state index contributed by atoms with van der Waals surface area (Å²) in [6.07, 6.45) is 1.83. The minimum Gasteiger partial charge on any atom is -0.321 e. The SMILES string of the molecule is CCCc1nc(C)sc1C(=O)Nc1ccc(C(C)(C)C)cc1. The van der Waals surface area contributed by atoms with Crippen molar-refractivity contribution in [3.63, 3.8) is 0 Å². The third-order valence-corrected chi connectivity index (χ3v) is 4.52. The number of carbonyl (C=O) groups excluding carboxylic acids is 1. The third kappa shape index (κ3) is 3.95. The molecule has 1 aromatic heterocycles. The molecule has 22 heavy (non-hydrogen) atoms. The number of hydrogen-bond acceptors (Lipinski definition) is 3. The van der Waals surface area contributed by atoms with Crippen LogP contribution in [0.1, 0.15) is 60.1 Å². The van der Waals surface area contributed by atoms with Crippen molar-refractivity contribution >= 4 is 22.9 Å². The van der Waals surface area contributed by atoms with Gasteiger partial charge in [0.15, 0.2) is 0 Å². The number of carbonyl (C=O) groups is 1. The van der Waals surface area contributed by atoms with Crippen LogP contribution in [0.5, 0.6) is 0 Å². The fourth-order valence-electron chi connectivity index (χ4n) is 2.30. The number of aryl methyl sites for hydroxylation is 2. The quantitative estimate of drug-likeness (QED) is 0.866. The van der Waals surface area contributed by atoms with Crippen molar-refractivity contribution in [1.82, 2.24) is 4.98 Å². The number of hydrogen-bond donors (Lipinski definition) is 1. The van der Waals surface area contributed by atoms with Crippen LogP contribution in [0.3, 0.4) is 0 Å². The van der Waals surface area contributed by atoms with Gasteiger partial charge in [-0.3, -0.25) is 4.79 Å². The zero-order valence-corrected chi connectivity index (χ0v) is 14.8. The highest BCUT2D eigenvalue weighted by molar-refractivity contribution is 7.13. The van der Waals surface area contributed by atoms with Crippen LogP contribution in [0.15, 0.2) is 24.3 Å². The Labute approximate surface area is 136 Å². The molecule has 0 saturated carbocycles. The molecule has 2 rings (SSSR count). The number of rotatable bonds is 4. The number of amides is 1. The van der Waals surface area contributed by atoms with Crippen molar-refractivity contribution in [2.45, 2.75) is 52.9 Å². The van der Waals surface area contributed by atoms with Gasteiger partial charge >= 0.3 is 0 Å². The lowest BCUT2D eigenvalue weighted by atomic mass is 9.87. The van der Waals surface area contributed by atoms with E-state index in [0.29, 0.717) is 0 Å². The fourth-order valence-corrected chi connectivity index (χ4v) is 3.16. The fraction of sp³-hybridized carbons (Fsp3) is 0.444. The van der Waals surface area contributed by atoms with E-state index in [-0.39, 0.29) is 11.3 Å². The van der Waals surface area contributed by atoms with Crippen LogP contribution in [-0.2, 0) is 11.8 Å². The summed E-state index contributed by atoms with van der Waals surface area (Å²) in [4.78, 5) is 17.7. The Kier molecular flexibility index (Phi) is 5.01. The van der Waals surface area contributed by atoms with Crippen LogP contribution in [0, 0.1) is 6.92 Å². The lowest BCUT2D eigenvalue weighted by Gasteiger charge is -2.19.